The lowest BCUT2D eigenvalue weighted by Crippen LogP contribution is -2.11. The highest BCUT2D eigenvalue weighted by molar-refractivity contribution is 7.80. The molecule has 2 unspecified atom stereocenters. The second kappa shape index (κ2) is 5.49. The Bertz CT molecular complexity index is 445. The van der Waals surface area contributed by atoms with Crippen molar-refractivity contribution >= 4 is 12.6 Å². The highest BCUT2D eigenvalue weighted by Crippen LogP contribution is 2.41. The summed E-state index contributed by atoms with van der Waals surface area (Å²) in [5.74, 6) is 0.546. The number of hydrogen-bond donors (Lipinski definition) is 1. The molecule has 19 heavy (non-hydrogen) atoms. The molecule has 1 aromatic carbocycles. The van der Waals surface area contributed by atoms with Crippen LogP contribution in [0.1, 0.15) is 69.1 Å². The predicted octanol–water partition coefficient (Wildman–Crippen LogP) is 5.32. The number of ether oxygens (including phenoxy) is 1. The lowest BCUT2D eigenvalue weighted by molar-refractivity contribution is 0.0370. The number of hydrogen-bond acceptors (Lipinski definition) is 2. The van der Waals surface area contributed by atoms with Crippen molar-refractivity contribution in [3.05, 3.63) is 34.9 Å². The highest BCUT2D eigenvalue weighted by atomic mass is 32.1. The number of rotatable bonds is 3. The molecule has 1 nitrogen and oxygen atoms in total. The Hall–Kier alpha value is -0.470. The minimum atomic E-state index is 0.252. The van der Waals surface area contributed by atoms with Crippen molar-refractivity contribution in [2.45, 2.75) is 59.0 Å². The van der Waals surface area contributed by atoms with Crippen LogP contribution in [0.2, 0.25) is 0 Å². The molecule has 106 valence electrons. The Balaban J connectivity index is 2.26. The molecule has 1 aromatic rings. The first-order valence-corrected chi connectivity index (χ1v) is 7.72. The topological polar surface area (TPSA) is 9.23 Å². The zero-order chi connectivity index (χ0) is 14.2. The average Bonchev–Trinajstić information content (AvgIpc) is 2.68. The lowest BCUT2D eigenvalue weighted by atomic mass is 9.86. The van der Waals surface area contributed by atoms with E-state index in [1.54, 1.807) is 0 Å². The smallest absolute Gasteiger partial charge is 0.0838 e. The van der Waals surface area contributed by atoms with E-state index in [-0.39, 0.29) is 6.10 Å². The molecule has 0 aliphatic carbocycles. The Morgan fingerprint density at radius 3 is 2.58 bits per heavy atom. The minimum Gasteiger partial charge on any atom is -0.369 e. The van der Waals surface area contributed by atoms with Gasteiger partial charge in [0.25, 0.3) is 0 Å². The molecular weight excluding hydrogens is 252 g/mol. The van der Waals surface area contributed by atoms with E-state index in [0.717, 1.165) is 13.0 Å². The van der Waals surface area contributed by atoms with Crippen molar-refractivity contribution in [2.24, 2.45) is 11.3 Å². The van der Waals surface area contributed by atoms with Crippen molar-refractivity contribution < 1.29 is 4.74 Å². The molecule has 0 aromatic heterocycles. The zero-order valence-electron chi connectivity index (χ0n) is 12.7. The summed E-state index contributed by atoms with van der Waals surface area (Å²) in [4.78, 5) is 0. The van der Waals surface area contributed by atoms with Crippen LogP contribution in [0.4, 0.5) is 0 Å². The van der Waals surface area contributed by atoms with Crippen molar-refractivity contribution in [2.75, 3.05) is 0 Å². The van der Waals surface area contributed by atoms with Gasteiger partial charge in [0.1, 0.15) is 0 Å². The Morgan fingerprint density at radius 2 is 2.00 bits per heavy atom. The van der Waals surface area contributed by atoms with Crippen LogP contribution in [0, 0.1) is 11.3 Å². The second-order valence-electron chi connectivity index (χ2n) is 7.21. The van der Waals surface area contributed by atoms with E-state index in [1.807, 2.05) is 0 Å². The third kappa shape index (κ3) is 3.55. The third-order valence-electron chi connectivity index (χ3n) is 3.73. The molecule has 2 heteroatoms. The maximum Gasteiger partial charge on any atom is 0.0838 e. The number of fused-ring (bicyclic) bond motifs is 1. The molecule has 2 rings (SSSR count). The van der Waals surface area contributed by atoms with Crippen molar-refractivity contribution in [1.82, 2.24) is 0 Å². The molecule has 2 atom stereocenters. The van der Waals surface area contributed by atoms with Crippen LogP contribution in [0.5, 0.6) is 0 Å². The molecule has 0 spiro atoms. The van der Waals surface area contributed by atoms with E-state index >= 15 is 0 Å². The van der Waals surface area contributed by atoms with Gasteiger partial charge in [0.2, 0.25) is 0 Å². The van der Waals surface area contributed by atoms with Gasteiger partial charge in [-0.25, -0.2) is 0 Å². The van der Waals surface area contributed by atoms with Crippen LogP contribution in [-0.4, -0.2) is 0 Å². The van der Waals surface area contributed by atoms with Gasteiger partial charge in [-0.2, -0.15) is 12.6 Å². The van der Waals surface area contributed by atoms with Gasteiger partial charge in [-0.3, -0.25) is 0 Å². The summed E-state index contributed by atoms with van der Waals surface area (Å²) in [5, 5.41) is 0.307. The first kappa shape index (κ1) is 14.9. The van der Waals surface area contributed by atoms with Crippen molar-refractivity contribution in [3.8, 4) is 0 Å². The van der Waals surface area contributed by atoms with Crippen LogP contribution in [0.3, 0.4) is 0 Å². The van der Waals surface area contributed by atoms with E-state index in [4.69, 9.17) is 17.4 Å². The van der Waals surface area contributed by atoms with E-state index < -0.39 is 0 Å². The largest absolute Gasteiger partial charge is 0.369 e. The normalized spacial score (nSPS) is 20.7. The van der Waals surface area contributed by atoms with Gasteiger partial charge in [-0.05, 0) is 34.4 Å². The van der Waals surface area contributed by atoms with Gasteiger partial charge < -0.3 is 4.74 Å². The van der Waals surface area contributed by atoms with Crippen LogP contribution < -0.4 is 0 Å². The van der Waals surface area contributed by atoms with Crippen molar-refractivity contribution in [1.29, 1.82) is 0 Å². The van der Waals surface area contributed by atoms with Crippen LogP contribution >= 0.6 is 12.6 Å². The fraction of sp³-hybridized carbons (Fsp3) is 0.647. The van der Waals surface area contributed by atoms with Gasteiger partial charge >= 0.3 is 0 Å². The SMILES string of the molecule is CC(C)C(S)c1ccc2c(c1)C(CC(C)(C)C)OC2. The Labute approximate surface area is 123 Å². The Kier molecular flexibility index (Phi) is 4.32. The van der Waals surface area contributed by atoms with Gasteiger partial charge in [0.15, 0.2) is 0 Å². The summed E-state index contributed by atoms with van der Waals surface area (Å²) in [7, 11) is 0. The predicted molar refractivity (Wildman–Crippen MR) is 84.6 cm³/mol. The quantitative estimate of drug-likeness (QED) is 0.736. The van der Waals surface area contributed by atoms with Gasteiger partial charge in [0.05, 0.1) is 12.7 Å². The maximum absolute atomic E-state index is 5.97. The summed E-state index contributed by atoms with van der Waals surface area (Å²) in [6, 6.07) is 6.74. The molecule has 0 radical (unpaired) electrons. The fourth-order valence-electron chi connectivity index (χ4n) is 2.62. The first-order chi connectivity index (χ1) is 8.78. The molecule has 0 fully saturated rings. The molecule has 0 N–H and O–H groups in total. The molecule has 1 aliphatic heterocycles. The van der Waals surface area contributed by atoms with Gasteiger partial charge in [-0.15, -0.1) is 0 Å². The third-order valence-corrected chi connectivity index (χ3v) is 4.62. The molecule has 0 saturated carbocycles. The molecule has 0 saturated heterocycles. The van der Waals surface area contributed by atoms with Crippen LogP contribution in [-0.2, 0) is 11.3 Å². The first-order valence-electron chi connectivity index (χ1n) is 7.20. The molecule has 1 heterocycles. The molecule has 0 amide bonds. The highest BCUT2D eigenvalue weighted by Gasteiger charge is 2.28. The molecular formula is C17H26OS. The summed E-state index contributed by atoms with van der Waals surface area (Å²) in [6.07, 6.45) is 1.32. The summed E-state index contributed by atoms with van der Waals surface area (Å²) >= 11 is 4.73. The number of thiol groups is 1. The van der Waals surface area contributed by atoms with E-state index in [9.17, 15) is 0 Å². The number of benzene rings is 1. The maximum atomic E-state index is 5.97. The van der Waals surface area contributed by atoms with E-state index in [0.29, 0.717) is 16.6 Å². The summed E-state index contributed by atoms with van der Waals surface area (Å²) < 4.78 is 5.97. The standard InChI is InChI=1S/C17H26OS/c1-11(2)16(19)12-6-7-13-10-18-15(14(13)8-12)9-17(3,4)5/h6-8,11,15-16,19H,9-10H2,1-5H3. The van der Waals surface area contributed by atoms with Gasteiger partial charge in [-0.1, -0.05) is 52.8 Å². The monoisotopic (exact) mass is 278 g/mol. The molecule has 1 aliphatic rings. The minimum absolute atomic E-state index is 0.252. The second-order valence-corrected chi connectivity index (χ2v) is 7.77. The molecule has 0 bridgehead atoms. The summed E-state index contributed by atoms with van der Waals surface area (Å²) in [6.45, 7) is 12.0. The lowest BCUT2D eigenvalue weighted by Gasteiger charge is -2.23. The van der Waals surface area contributed by atoms with E-state index in [2.05, 4.69) is 52.8 Å². The van der Waals surface area contributed by atoms with Crippen LogP contribution in [0.15, 0.2) is 18.2 Å². The Morgan fingerprint density at radius 1 is 1.32 bits per heavy atom. The van der Waals surface area contributed by atoms with Crippen molar-refractivity contribution in [3.63, 3.8) is 0 Å². The zero-order valence-corrected chi connectivity index (χ0v) is 13.6. The van der Waals surface area contributed by atoms with Gasteiger partial charge in [0, 0.05) is 5.25 Å². The van der Waals surface area contributed by atoms with Crippen LogP contribution in [0.25, 0.3) is 0 Å². The fourth-order valence-corrected chi connectivity index (χ4v) is 2.78. The average molecular weight is 278 g/mol. The summed E-state index contributed by atoms with van der Waals surface area (Å²) in [5.41, 5.74) is 4.34. The van der Waals surface area contributed by atoms with E-state index in [1.165, 1.54) is 16.7 Å².